The normalized spacial score (nSPS) is 11.2. The van der Waals surface area contributed by atoms with Crippen LogP contribution in [0.4, 0.5) is 11.4 Å². The molecule has 0 aromatic heterocycles. The van der Waals surface area contributed by atoms with Crippen LogP contribution in [0.1, 0.15) is 35.9 Å². The van der Waals surface area contributed by atoms with Crippen molar-refractivity contribution in [3.8, 4) is 17.2 Å². The minimum Gasteiger partial charge on any atom is -0.493 e. The van der Waals surface area contributed by atoms with Gasteiger partial charge in [0.2, 0.25) is 6.10 Å². The van der Waals surface area contributed by atoms with Crippen LogP contribution < -0.4 is 19.5 Å². The number of hydrogen-bond donors (Lipinski definition) is 1. The van der Waals surface area contributed by atoms with Crippen molar-refractivity contribution >= 4 is 23.3 Å². The van der Waals surface area contributed by atoms with Gasteiger partial charge < -0.3 is 24.3 Å². The number of nitro groups is 1. The quantitative estimate of drug-likeness (QED) is 0.226. The number of anilines is 1. The van der Waals surface area contributed by atoms with Crippen molar-refractivity contribution in [2.24, 2.45) is 0 Å². The molecule has 0 saturated heterocycles. The number of nitro benzene ring substituents is 1. The first-order chi connectivity index (χ1) is 17.4. The molecule has 10 nitrogen and oxygen atoms in total. The second-order valence-electron chi connectivity index (χ2n) is 7.32. The van der Waals surface area contributed by atoms with E-state index >= 15 is 0 Å². The Morgan fingerprint density at radius 1 is 0.917 bits per heavy atom. The summed E-state index contributed by atoms with van der Waals surface area (Å²) in [6, 6.07) is 17.4. The van der Waals surface area contributed by atoms with Crippen molar-refractivity contribution in [3.05, 3.63) is 88.0 Å². The third-order valence-electron chi connectivity index (χ3n) is 5.01. The Morgan fingerprint density at radius 3 is 2.19 bits per heavy atom. The maximum Gasteiger partial charge on any atom is 0.346 e. The number of carbonyl (C=O) groups excluding carboxylic acids is 2. The van der Waals surface area contributed by atoms with Crippen molar-refractivity contribution in [3.63, 3.8) is 0 Å². The van der Waals surface area contributed by atoms with E-state index in [0.717, 1.165) is 12.1 Å². The highest BCUT2D eigenvalue weighted by molar-refractivity contribution is 6.00. The molecule has 1 atom stereocenters. The number of amides is 1. The smallest absolute Gasteiger partial charge is 0.346 e. The van der Waals surface area contributed by atoms with E-state index in [2.05, 4.69) is 5.32 Å². The van der Waals surface area contributed by atoms with E-state index in [-0.39, 0.29) is 23.7 Å². The molecule has 3 aromatic carbocycles. The zero-order valence-corrected chi connectivity index (χ0v) is 20.1. The Kier molecular flexibility index (Phi) is 8.82. The van der Waals surface area contributed by atoms with Gasteiger partial charge in [-0.05, 0) is 26.0 Å². The third kappa shape index (κ3) is 6.09. The largest absolute Gasteiger partial charge is 0.493 e. The summed E-state index contributed by atoms with van der Waals surface area (Å²) in [7, 11) is 1.34. The monoisotopic (exact) mass is 494 g/mol. The lowest BCUT2D eigenvalue weighted by atomic mass is 10.1. The molecule has 188 valence electrons. The van der Waals surface area contributed by atoms with Gasteiger partial charge in [0.15, 0.2) is 11.5 Å². The van der Waals surface area contributed by atoms with Crippen molar-refractivity contribution in [1.82, 2.24) is 0 Å². The fourth-order valence-electron chi connectivity index (χ4n) is 3.41. The number of nitrogens with zero attached hydrogens (tertiary/aromatic N) is 1. The molecule has 1 amide bonds. The lowest BCUT2D eigenvalue weighted by molar-refractivity contribution is -0.385. The number of hydrogen-bond acceptors (Lipinski definition) is 8. The van der Waals surface area contributed by atoms with Crippen LogP contribution in [-0.2, 0) is 9.53 Å². The fraction of sp³-hybridized carbons (Fsp3) is 0.231. The SMILES string of the molecule is CCOc1ccccc1NC(=O)C(OC(=O)c1cc(OC)c(OCC)cc1[N+](=O)[O-])c1ccccc1. The lowest BCUT2D eigenvalue weighted by Gasteiger charge is -2.19. The van der Waals surface area contributed by atoms with E-state index in [1.807, 2.05) is 6.92 Å². The van der Waals surface area contributed by atoms with Crippen molar-refractivity contribution in [1.29, 1.82) is 0 Å². The molecule has 0 spiro atoms. The second kappa shape index (κ2) is 12.2. The minimum atomic E-state index is -1.41. The summed E-state index contributed by atoms with van der Waals surface area (Å²) in [6.45, 7) is 4.13. The first-order valence-corrected chi connectivity index (χ1v) is 11.2. The number of benzene rings is 3. The molecule has 0 bridgehead atoms. The number of ether oxygens (including phenoxy) is 4. The van der Waals surface area contributed by atoms with Gasteiger partial charge in [-0.25, -0.2) is 4.79 Å². The molecular weight excluding hydrogens is 468 g/mol. The van der Waals surface area contributed by atoms with E-state index in [4.69, 9.17) is 18.9 Å². The molecule has 0 saturated carbocycles. The number of para-hydroxylation sites is 2. The van der Waals surface area contributed by atoms with Gasteiger partial charge in [0, 0.05) is 11.6 Å². The summed E-state index contributed by atoms with van der Waals surface area (Å²) in [6.07, 6.45) is -1.41. The standard InChI is InChI=1S/C26H26N2O8/c1-4-34-21-14-10-9-13-19(21)27-25(29)24(17-11-7-6-8-12-17)36-26(30)18-15-22(33-3)23(35-5-2)16-20(18)28(31)32/h6-16,24H,4-5H2,1-3H3,(H,27,29). The number of methoxy groups -OCH3 is 1. The van der Waals surface area contributed by atoms with Gasteiger partial charge in [-0.3, -0.25) is 14.9 Å². The summed E-state index contributed by atoms with van der Waals surface area (Å²) < 4.78 is 21.7. The first kappa shape index (κ1) is 26.0. The zero-order chi connectivity index (χ0) is 26.1. The van der Waals surface area contributed by atoms with E-state index in [1.165, 1.54) is 7.11 Å². The van der Waals surface area contributed by atoms with Crippen LogP contribution in [-0.4, -0.2) is 37.1 Å². The topological polar surface area (TPSA) is 126 Å². The summed E-state index contributed by atoms with van der Waals surface area (Å²) >= 11 is 0. The molecular formula is C26H26N2O8. The van der Waals surface area contributed by atoms with Crippen LogP contribution in [0.25, 0.3) is 0 Å². The number of rotatable bonds is 11. The number of carbonyl (C=O) groups is 2. The van der Waals surface area contributed by atoms with Gasteiger partial charge in [0.1, 0.15) is 11.3 Å². The third-order valence-corrected chi connectivity index (χ3v) is 5.01. The zero-order valence-electron chi connectivity index (χ0n) is 20.1. The van der Waals surface area contributed by atoms with Gasteiger partial charge in [-0.2, -0.15) is 0 Å². The number of esters is 1. The van der Waals surface area contributed by atoms with E-state index in [1.54, 1.807) is 61.5 Å². The first-order valence-electron chi connectivity index (χ1n) is 11.2. The van der Waals surface area contributed by atoms with Crippen LogP contribution in [0, 0.1) is 10.1 Å². The average Bonchev–Trinajstić information content (AvgIpc) is 2.88. The van der Waals surface area contributed by atoms with E-state index in [0.29, 0.717) is 23.6 Å². The van der Waals surface area contributed by atoms with Gasteiger partial charge in [-0.1, -0.05) is 42.5 Å². The molecule has 36 heavy (non-hydrogen) atoms. The van der Waals surface area contributed by atoms with Crippen LogP contribution in [0.2, 0.25) is 0 Å². The maximum absolute atomic E-state index is 13.3. The molecule has 0 aliphatic rings. The van der Waals surface area contributed by atoms with E-state index in [9.17, 15) is 19.7 Å². The molecule has 0 aliphatic heterocycles. The van der Waals surface area contributed by atoms with Gasteiger partial charge in [-0.15, -0.1) is 0 Å². The minimum absolute atomic E-state index is 0.105. The predicted octanol–water partition coefficient (Wildman–Crippen LogP) is 4.94. The Hall–Kier alpha value is -4.60. The Morgan fingerprint density at radius 2 is 1.56 bits per heavy atom. The van der Waals surface area contributed by atoms with Crippen molar-refractivity contribution in [2.45, 2.75) is 20.0 Å². The highest BCUT2D eigenvalue weighted by Gasteiger charge is 2.31. The summed E-state index contributed by atoms with van der Waals surface area (Å²) in [5.74, 6) is -1.08. The molecule has 1 N–H and O–H groups in total. The van der Waals surface area contributed by atoms with Crippen LogP contribution in [0.15, 0.2) is 66.7 Å². The fourth-order valence-corrected chi connectivity index (χ4v) is 3.41. The molecule has 1 unspecified atom stereocenters. The Balaban J connectivity index is 1.98. The molecule has 3 aromatic rings. The van der Waals surface area contributed by atoms with Crippen LogP contribution >= 0.6 is 0 Å². The van der Waals surface area contributed by atoms with Gasteiger partial charge in [0.25, 0.3) is 11.6 Å². The molecule has 0 radical (unpaired) electrons. The Labute approximate surface area is 207 Å². The predicted molar refractivity (Wildman–Crippen MR) is 132 cm³/mol. The second-order valence-corrected chi connectivity index (χ2v) is 7.32. The Bertz CT molecular complexity index is 1230. The van der Waals surface area contributed by atoms with E-state index < -0.39 is 28.6 Å². The highest BCUT2D eigenvalue weighted by atomic mass is 16.6. The van der Waals surface area contributed by atoms with Crippen LogP contribution in [0.3, 0.4) is 0 Å². The van der Waals surface area contributed by atoms with Crippen LogP contribution in [0.5, 0.6) is 17.2 Å². The molecule has 3 rings (SSSR count). The number of nitrogens with one attached hydrogen (secondary N) is 1. The maximum atomic E-state index is 13.3. The molecule has 0 fully saturated rings. The summed E-state index contributed by atoms with van der Waals surface area (Å²) in [4.78, 5) is 37.5. The van der Waals surface area contributed by atoms with Gasteiger partial charge >= 0.3 is 5.97 Å². The lowest BCUT2D eigenvalue weighted by Crippen LogP contribution is -2.26. The molecule has 0 heterocycles. The van der Waals surface area contributed by atoms with Gasteiger partial charge in [0.05, 0.1) is 37.0 Å². The average molecular weight is 495 g/mol. The van der Waals surface area contributed by atoms with Crippen molar-refractivity contribution < 1.29 is 33.5 Å². The summed E-state index contributed by atoms with van der Waals surface area (Å²) in [5.41, 5.74) is -0.172. The van der Waals surface area contributed by atoms with Crippen molar-refractivity contribution in [2.75, 3.05) is 25.6 Å². The summed E-state index contributed by atoms with van der Waals surface area (Å²) in [5, 5.41) is 14.4. The molecule has 0 aliphatic carbocycles. The molecule has 10 heteroatoms. The highest BCUT2D eigenvalue weighted by Crippen LogP contribution is 2.36.